The van der Waals surface area contributed by atoms with Crippen molar-refractivity contribution in [3.8, 4) is 17.2 Å². The van der Waals surface area contributed by atoms with Crippen molar-refractivity contribution >= 4 is 85.1 Å². The first kappa shape index (κ1) is 34.7. The summed E-state index contributed by atoms with van der Waals surface area (Å²) in [5, 5.41) is 0. The van der Waals surface area contributed by atoms with E-state index in [9.17, 15) is 14.4 Å². The number of hydrogen-bond donors (Lipinski definition) is 0. The fourth-order valence-corrected chi connectivity index (χ4v) is 4.74. The van der Waals surface area contributed by atoms with Gasteiger partial charge in [0.2, 0.25) is 0 Å². The van der Waals surface area contributed by atoms with Crippen molar-refractivity contribution in [2.75, 3.05) is 13.2 Å². The molecule has 9 heteroatoms. The molecule has 6 nitrogen and oxygen atoms in total. The molecule has 0 aliphatic rings. The molecule has 0 bridgehead atoms. The highest BCUT2D eigenvalue weighted by atomic mass is 127. The molecule has 3 aromatic rings. The molecule has 3 rings (SSSR count). The van der Waals surface area contributed by atoms with E-state index in [2.05, 4.69) is 67.8 Å². The van der Waals surface area contributed by atoms with Crippen molar-refractivity contribution in [3.05, 3.63) is 89.5 Å². The third kappa shape index (κ3) is 10.2. The van der Waals surface area contributed by atoms with Gasteiger partial charge in [0.25, 0.3) is 0 Å². The van der Waals surface area contributed by atoms with Gasteiger partial charge >= 0.3 is 0 Å². The zero-order valence-corrected chi connectivity index (χ0v) is 31.0. The Kier molecular flexibility index (Phi) is 11.9. The van der Waals surface area contributed by atoms with Gasteiger partial charge in [-0.3, -0.25) is 14.4 Å². The van der Waals surface area contributed by atoms with E-state index in [4.69, 9.17) is 14.2 Å². The highest BCUT2D eigenvalue weighted by Crippen LogP contribution is 2.27. The highest BCUT2D eigenvalue weighted by Gasteiger charge is 2.27. The molecule has 0 aromatic heterocycles. The minimum Gasteiger partial charge on any atom is -0.490 e. The van der Waals surface area contributed by atoms with E-state index in [1.165, 1.54) is 0 Å². The monoisotopic (exact) mass is 908 g/mol. The second kappa shape index (κ2) is 14.4. The van der Waals surface area contributed by atoms with Crippen molar-refractivity contribution in [2.45, 2.75) is 57.9 Å². The summed E-state index contributed by atoms with van der Waals surface area (Å²) in [6, 6.07) is 21.1. The van der Waals surface area contributed by atoms with Crippen LogP contribution in [0.3, 0.4) is 0 Å². The van der Waals surface area contributed by atoms with Gasteiger partial charge in [0.1, 0.15) is 30.5 Å². The predicted molar refractivity (Wildman–Crippen MR) is 192 cm³/mol. The lowest BCUT2D eigenvalue weighted by molar-refractivity contribution is 0.0811. The lowest BCUT2D eigenvalue weighted by Crippen LogP contribution is -2.31. The third-order valence-corrected chi connectivity index (χ3v) is 7.61. The van der Waals surface area contributed by atoms with Crippen LogP contribution in [0.2, 0.25) is 0 Å². The Morgan fingerprint density at radius 2 is 0.786 bits per heavy atom. The van der Waals surface area contributed by atoms with Gasteiger partial charge in [-0.1, -0.05) is 67.8 Å². The van der Waals surface area contributed by atoms with Crippen LogP contribution in [0.25, 0.3) is 0 Å². The van der Waals surface area contributed by atoms with Gasteiger partial charge in [-0.25, -0.2) is 0 Å². The van der Waals surface area contributed by atoms with E-state index in [0.29, 0.717) is 33.9 Å². The molecular formula is C33H35I3O6. The number of carbonyl (C=O) groups excluding carboxylic acids is 3. The van der Waals surface area contributed by atoms with Crippen molar-refractivity contribution in [3.63, 3.8) is 0 Å². The Morgan fingerprint density at radius 3 is 1.05 bits per heavy atom. The minimum absolute atomic E-state index is 0.0404. The van der Waals surface area contributed by atoms with Crippen LogP contribution < -0.4 is 14.2 Å². The Morgan fingerprint density at radius 1 is 0.524 bits per heavy atom. The van der Waals surface area contributed by atoms with E-state index in [1.54, 1.807) is 72.8 Å². The van der Waals surface area contributed by atoms with E-state index in [0.717, 1.165) is 0 Å². The van der Waals surface area contributed by atoms with E-state index in [1.807, 2.05) is 41.5 Å². The van der Waals surface area contributed by atoms with Gasteiger partial charge in [0.15, 0.2) is 23.5 Å². The second-order valence-corrected chi connectivity index (χ2v) is 19.4. The van der Waals surface area contributed by atoms with Crippen LogP contribution in [0.5, 0.6) is 17.2 Å². The van der Waals surface area contributed by atoms with Crippen LogP contribution >= 0.6 is 67.8 Å². The summed E-state index contributed by atoms with van der Waals surface area (Å²) in [7, 11) is 0. The molecule has 0 N–H and O–H groups in total. The van der Waals surface area contributed by atoms with E-state index < -0.39 is 16.4 Å². The molecule has 42 heavy (non-hydrogen) atoms. The van der Waals surface area contributed by atoms with Crippen molar-refractivity contribution in [2.24, 2.45) is 0 Å². The number of rotatable bonds is 14. The van der Waals surface area contributed by atoms with Crippen molar-refractivity contribution < 1.29 is 28.6 Å². The SMILES string of the molecule is CC(C)(I)C(=O)c1ccc(OCC(COc2ccc(C(=O)C(C)(C)I)cc2)Oc2ccc(C(=O)C(C)(C)I)cc2)cc1. The van der Waals surface area contributed by atoms with Crippen LogP contribution in [0.4, 0.5) is 0 Å². The summed E-state index contributed by atoms with van der Waals surface area (Å²) < 4.78 is 16.8. The summed E-state index contributed by atoms with van der Waals surface area (Å²) in [5.74, 6) is 1.91. The number of carbonyl (C=O) groups is 3. The normalized spacial score (nSPS) is 12.1. The average Bonchev–Trinajstić information content (AvgIpc) is 2.92. The Bertz CT molecular complexity index is 1310. The van der Waals surface area contributed by atoms with Gasteiger partial charge in [-0.05, 0) is 114 Å². The van der Waals surface area contributed by atoms with Crippen LogP contribution in [-0.4, -0.2) is 46.9 Å². The predicted octanol–water partition coefficient (Wildman–Crippen LogP) is 8.78. The molecule has 0 heterocycles. The molecule has 0 aliphatic carbocycles. The summed E-state index contributed by atoms with van der Waals surface area (Å²) >= 11 is 6.40. The maximum Gasteiger partial charge on any atom is 0.178 e. The molecule has 0 spiro atoms. The summed E-state index contributed by atoms with van der Waals surface area (Å²) in [5.41, 5.74) is 1.85. The largest absolute Gasteiger partial charge is 0.490 e. The molecule has 0 atom stereocenters. The van der Waals surface area contributed by atoms with Crippen LogP contribution in [-0.2, 0) is 0 Å². The molecule has 0 radical (unpaired) electrons. The average molecular weight is 908 g/mol. The van der Waals surface area contributed by atoms with Crippen LogP contribution in [0.15, 0.2) is 72.8 Å². The van der Waals surface area contributed by atoms with Crippen molar-refractivity contribution in [1.29, 1.82) is 0 Å². The topological polar surface area (TPSA) is 78.9 Å². The lowest BCUT2D eigenvalue weighted by atomic mass is 10.0. The molecule has 0 unspecified atom stereocenters. The first-order valence-electron chi connectivity index (χ1n) is 13.4. The summed E-state index contributed by atoms with van der Waals surface area (Å²) in [4.78, 5) is 37.8. The molecular weight excluding hydrogens is 873 g/mol. The molecule has 224 valence electrons. The highest BCUT2D eigenvalue weighted by molar-refractivity contribution is 14.1. The van der Waals surface area contributed by atoms with Crippen LogP contribution in [0, 0.1) is 0 Å². The molecule has 0 aliphatic heterocycles. The molecule has 3 aromatic carbocycles. The first-order chi connectivity index (χ1) is 19.4. The minimum atomic E-state index is -0.510. The van der Waals surface area contributed by atoms with Gasteiger partial charge in [0, 0.05) is 16.7 Å². The maximum absolute atomic E-state index is 12.6. The van der Waals surface area contributed by atoms with Gasteiger partial charge in [-0.15, -0.1) is 0 Å². The number of halogens is 3. The van der Waals surface area contributed by atoms with Gasteiger partial charge in [0.05, 0.1) is 10.3 Å². The van der Waals surface area contributed by atoms with Gasteiger partial charge in [-0.2, -0.15) is 0 Å². The standard InChI is InChI=1S/C33H35I3O6/c1-31(2,34)28(37)21-7-13-24(14-8-21)40-19-27(42-26-17-11-23(12-18-26)30(39)33(5,6)36)20-41-25-15-9-22(10-16-25)29(38)32(3,4)35/h7-18,27H,19-20H2,1-6H3. The number of ketones is 3. The lowest BCUT2D eigenvalue weighted by Gasteiger charge is -2.21. The number of Topliss-reactive ketones (excluding diaryl/α,β-unsaturated/α-hetero) is 3. The number of alkyl halides is 3. The third-order valence-electron chi connectivity index (χ3n) is 6.14. The molecule has 0 saturated heterocycles. The number of hydrogen-bond acceptors (Lipinski definition) is 6. The fraction of sp³-hybridized carbons (Fsp3) is 0.364. The summed E-state index contributed by atoms with van der Waals surface area (Å²) in [6.07, 6.45) is -0.503. The van der Waals surface area contributed by atoms with Gasteiger partial charge < -0.3 is 14.2 Å². The van der Waals surface area contributed by atoms with E-state index >= 15 is 0 Å². The zero-order chi connectivity index (χ0) is 31.3. The second-order valence-electron chi connectivity index (χ2n) is 11.3. The number of ether oxygens (including phenoxy) is 3. The smallest absolute Gasteiger partial charge is 0.178 e. The Labute approximate surface area is 289 Å². The van der Waals surface area contributed by atoms with Crippen LogP contribution in [0.1, 0.15) is 72.6 Å². The first-order valence-corrected chi connectivity index (χ1v) is 16.6. The number of benzene rings is 3. The molecule has 0 fully saturated rings. The van der Waals surface area contributed by atoms with E-state index in [-0.39, 0.29) is 30.6 Å². The fourth-order valence-electron chi connectivity index (χ4n) is 3.81. The van der Waals surface area contributed by atoms with Crippen molar-refractivity contribution in [1.82, 2.24) is 0 Å². The Hall–Kier alpha value is -1.74. The molecule has 0 saturated carbocycles. The quantitative estimate of drug-likeness (QED) is 0.0916. The zero-order valence-electron chi connectivity index (χ0n) is 24.5. The maximum atomic E-state index is 12.6. The Balaban J connectivity index is 1.73. The molecule has 0 amide bonds. The summed E-state index contributed by atoms with van der Waals surface area (Å²) in [6.45, 7) is 11.6.